The van der Waals surface area contributed by atoms with E-state index in [9.17, 15) is 14.4 Å². The number of amides is 4. The number of carbonyl (C=O) groups excluding carboxylic acids is 3. The van der Waals surface area contributed by atoms with Crippen molar-refractivity contribution in [3.8, 4) is 0 Å². The largest absolute Gasteiger partial charge is 0.355 e. The van der Waals surface area contributed by atoms with Crippen LogP contribution in [0.2, 0.25) is 0 Å². The van der Waals surface area contributed by atoms with E-state index in [1.807, 2.05) is 18.2 Å². The van der Waals surface area contributed by atoms with Gasteiger partial charge in [-0.2, -0.15) is 0 Å². The van der Waals surface area contributed by atoms with Crippen molar-refractivity contribution in [3.63, 3.8) is 0 Å². The van der Waals surface area contributed by atoms with Gasteiger partial charge in [-0.05, 0) is 49.8 Å². The summed E-state index contributed by atoms with van der Waals surface area (Å²) in [4.78, 5) is 37.6. The molecule has 1 fully saturated rings. The normalized spacial score (nSPS) is 23.0. The standard InChI is InChI=1S/C17H21N3O3/c1-3-18-14(21)10-20-15(22)17(2,19-16(20)23)13-8-7-11-5-4-6-12(11)9-13/h7-9H,3-6,10H2,1-2H3,(H,18,21)(H,19,23). The van der Waals surface area contributed by atoms with E-state index >= 15 is 0 Å². The van der Waals surface area contributed by atoms with Crippen LogP contribution < -0.4 is 10.6 Å². The Balaban J connectivity index is 1.86. The second kappa shape index (κ2) is 5.68. The first-order valence-corrected chi connectivity index (χ1v) is 7.99. The van der Waals surface area contributed by atoms with E-state index in [0.717, 1.165) is 29.7 Å². The molecule has 6 nitrogen and oxygen atoms in total. The summed E-state index contributed by atoms with van der Waals surface area (Å²) in [6, 6.07) is 5.42. The topological polar surface area (TPSA) is 78.5 Å². The summed E-state index contributed by atoms with van der Waals surface area (Å²) in [5.41, 5.74) is 2.22. The van der Waals surface area contributed by atoms with Crippen LogP contribution >= 0.6 is 0 Å². The molecule has 2 N–H and O–H groups in total. The van der Waals surface area contributed by atoms with Crippen molar-refractivity contribution < 1.29 is 14.4 Å². The fraction of sp³-hybridized carbons (Fsp3) is 0.471. The Morgan fingerprint density at radius 1 is 1.30 bits per heavy atom. The van der Waals surface area contributed by atoms with Crippen LogP contribution in [0.4, 0.5) is 4.79 Å². The van der Waals surface area contributed by atoms with Gasteiger partial charge in [0.15, 0.2) is 0 Å². The number of urea groups is 1. The highest BCUT2D eigenvalue weighted by molar-refractivity contribution is 6.09. The molecule has 1 aliphatic carbocycles. The lowest BCUT2D eigenvalue weighted by molar-refractivity contribution is -0.134. The first-order valence-electron chi connectivity index (χ1n) is 7.99. The molecule has 0 aromatic heterocycles. The number of likely N-dealkylation sites (N-methyl/N-ethyl adjacent to an activating group) is 1. The zero-order chi connectivity index (χ0) is 16.6. The van der Waals surface area contributed by atoms with E-state index in [-0.39, 0.29) is 18.4 Å². The highest BCUT2D eigenvalue weighted by atomic mass is 16.2. The van der Waals surface area contributed by atoms with E-state index in [4.69, 9.17) is 0 Å². The minimum absolute atomic E-state index is 0.251. The Hall–Kier alpha value is -2.37. The van der Waals surface area contributed by atoms with Gasteiger partial charge < -0.3 is 10.6 Å². The summed E-state index contributed by atoms with van der Waals surface area (Å²) < 4.78 is 0. The summed E-state index contributed by atoms with van der Waals surface area (Å²) >= 11 is 0. The lowest BCUT2D eigenvalue weighted by atomic mass is 9.89. The average molecular weight is 315 g/mol. The van der Waals surface area contributed by atoms with Gasteiger partial charge in [0.1, 0.15) is 12.1 Å². The molecule has 1 aromatic rings. The highest BCUT2D eigenvalue weighted by Gasteiger charge is 2.49. The van der Waals surface area contributed by atoms with Gasteiger partial charge in [0.25, 0.3) is 5.91 Å². The summed E-state index contributed by atoms with van der Waals surface area (Å²) in [6.45, 7) is 3.70. The Kier molecular flexibility index (Phi) is 3.83. The lowest BCUT2D eigenvalue weighted by Gasteiger charge is -2.23. The predicted octanol–water partition coefficient (Wildman–Crippen LogP) is 1.08. The molecule has 6 heteroatoms. The number of nitrogens with one attached hydrogen (secondary N) is 2. The van der Waals surface area contributed by atoms with Crippen LogP contribution in [-0.4, -0.2) is 35.8 Å². The molecule has 0 saturated carbocycles. The molecular weight excluding hydrogens is 294 g/mol. The van der Waals surface area contributed by atoms with Gasteiger partial charge in [-0.1, -0.05) is 18.2 Å². The number of hydrogen-bond acceptors (Lipinski definition) is 3. The van der Waals surface area contributed by atoms with Gasteiger partial charge in [-0.25, -0.2) is 4.79 Å². The van der Waals surface area contributed by atoms with Crippen molar-refractivity contribution >= 4 is 17.8 Å². The molecule has 1 aliphatic heterocycles. The van der Waals surface area contributed by atoms with E-state index in [1.165, 1.54) is 11.1 Å². The smallest absolute Gasteiger partial charge is 0.325 e. The van der Waals surface area contributed by atoms with E-state index < -0.39 is 11.6 Å². The minimum Gasteiger partial charge on any atom is -0.355 e. The van der Waals surface area contributed by atoms with Gasteiger partial charge in [0.2, 0.25) is 5.91 Å². The fourth-order valence-corrected chi connectivity index (χ4v) is 3.32. The molecule has 1 saturated heterocycles. The number of benzene rings is 1. The molecule has 1 aromatic carbocycles. The Morgan fingerprint density at radius 3 is 2.78 bits per heavy atom. The average Bonchev–Trinajstić information content (AvgIpc) is 3.06. The predicted molar refractivity (Wildman–Crippen MR) is 84.7 cm³/mol. The molecular formula is C17H21N3O3. The number of hydrogen-bond donors (Lipinski definition) is 2. The van der Waals surface area contributed by atoms with Crippen LogP contribution in [0.5, 0.6) is 0 Å². The number of nitrogens with zero attached hydrogens (tertiary/aromatic N) is 1. The van der Waals surface area contributed by atoms with Gasteiger partial charge in [-0.15, -0.1) is 0 Å². The second-order valence-electron chi connectivity index (χ2n) is 6.24. The maximum atomic E-state index is 12.7. The van der Waals surface area contributed by atoms with Crippen LogP contribution in [-0.2, 0) is 28.0 Å². The Morgan fingerprint density at radius 2 is 2.04 bits per heavy atom. The number of carbonyl (C=O) groups is 3. The van der Waals surface area contributed by atoms with E-state index in [0.29, 0.717) is 6.54 Å². The highest BCUT2D eigenvalue weighted by Crippen LogP contribution is 2.32. The first kappa shape index (κ1) is 15.5. The van der Waals surface area contributed by atoms with Crippen molar-refractivity contribution in [2.75, 3.05) is 13.1 Å². The van der Waals surface area contributed by atoms with Crippen molar-refractivity contribution in [1.29, 1.82) is 0 Å². The quantitative estimate of drug-likeness (QED) is 0.816. The zero-order valence-electron chi connectivity index (χ0n) is 13.4. The first-order chi connectivity index (χ1) is 11.0. The zero-order valence-corrected chi connectivity index (χ0v) is 13.4. The molecule has 4 amide bonds. The van der Waals surface area contributed by atoms with Crippen molar-refractivity contribution in [3.05, 3.63) is 34.9 Å². The maximum absolute atomic E-state index is 12.7. The van der Waals surface area contributed by atoms with Gasteiger partial charge >= 0.3 is 6.03 Å². The third kappa shape index (κ3) is 2.58. The Labute approximate surface area is 135 Å². The number of rotatable bonds is 4. The SMILES string of the molecule is CCNC(=O)CN1C(=O)NC(C)(c2ccc3c(c2)CCC3)C1=O. The molecule has 0 spiro atoms. The maximum Gasteiger partial charge on any atom is 0.325 e. The molecule has 1 atom stereocenters. The molecule has 0 bridgehead atoms. The van der Waals surface area contributed by atoms with Gasteiger partial charge in [0, 0.05) is 6.54 Å². The third-order valence-electron chi connectivity index (χ3n) is 4.63. The van der Waals surface area contributed by atoms with Gasteiger partial charge in [0.05, 0.1) is 0 Å². The summed E-state index contributed by atoms with van der Waals surface area (Å²) in [7, 11) is 0. The lowest BCUT2D eigenvalue weighted by Crippen LogP contribution is -2.43. The van der Waals surface area contributed by atoms with Gasteiger partial charge in [-0.3, -0.25) is 14.5 Å². The van der Waals surface area contributed by atoms with Crippen LogP contribution in [0.15, 0.2) is 18.2 Å². The van der Waals surface area contributed by atoms with Crippen molar-refractivity contribution in [2.24, 2.45) is 0 Å². The fourth-order valence-electron chi connectivity index (χ4n) is 3.32. The van der Waals surface area contributed by atoms with E-state index in [2.05, 4.69) is 10.6 Å². The summed E-state index contributed by atoms with van der Waals surface area (Å²) in [5.74, 6) is -0.721. The summed E-state index contributed by atoms with van der Waals surface area (Å²) in [5, 5.41) is 5.34. The number of imide groups is 1. The molecule has 3 rings (SSSR count). The molecule has 2 aliphatic rings. The third-order valence-corrected chi connectivity index (χ3v) is 4.63. The summed E-state index contributed by atoms with van der Waals surface area (Å²) in [6.07, 6.45) is 3.19. The van der Waals surface area contributed by atoms with Crippen molar-refractivity contribution in [1.82, 2.24) is 15.5 Å². The molecule has 0 radical (unpaired) electrons. The second-order valence-corrected chi connectivity index (χ2v) is 6.24. The van der Waals surface area contributed by atoms with Crippen molar-refractivity contribution in [2.45, 2.75) is 38.6 Å². The van der Waals surface area contributed by atoms with Crippen LogP contribution in [0.1, 0.15) is 37.0 Å². The van der Waals surface area contributed by atoms with Crippen LogP contribution in [0.25, 0.3) is 0 Å². The number of aryl methyl sites for hydroxylation is 2. The number of fused-ring (bicyclic) bond motifs is 1. The monoisotopic (exact) mass is 315 g/mol. The minimum atomic E-state index is -1.11. The molecule has 1 heterocycles. The molecule has 23 heavy (non-hydrogen) atoms. The molecule has 122 valence electrons. The van der Waals surface area contributed by atoms with Crippen LogP contribution in [0, 0.1) is 0 Å². The molecule has 1 unspecified atom stereocenters. The van der Waals surface area contributed by atoms with Crippen LogP contribution in [0.3, 0.4) is 0 Å². The Bertz CT molecular complexity index is 686. The van der Waals surface area contributed by atoms with E-state index in [1.54, 1.807) is 13.8 Å².